The van der Waals surface area contributed by atoms with Crippen molar-refractivity contribution >= 4 is 11.9 Å². The third-order valence-corrected chi connectivity index (χ3v) is 3.43. The maximum atomic E-state index is 12.1. The summed E-state index contributed by atoms with van der Waals surface area (Å²) < 4.78 is 14.6. The molecule has 0 saturated heterocycles. The number of hydrogen-bond acceptors (Lipinski definition) is 7. The number of carbonyl (C=O) groups excluding carboxylic acids is 2. The molecule has 0 aliphatic carbocycles. The Bertz CT molecular complexity index is 456. The molecule has 0 aromatic heterocycles. The monoisotopic (exact) mass is 302 g/mol. The van der Waals surface area contributed by atoms with Crippen LogP contribution in [0.4, 0.5) is 0 Å². The number of aliphatic hydroxyl groups is 2. The molecule has 2 N–H and O–H groups in total. The number of rotatable bonds is 6. The molecule has 0 aromatic rings. The fourth-order valence-corrected chi connectivity index (χ4v) is 2.47. The lowest BCUT2D eigenvalue weighted by atomic mass is 9.83. The molecular formula is C14H22O7. The van der Waals surface area contributed by atoms with Crippen molar-refractivity contribution in [1.82, 2.24) is 0 Å². The molecule has 0 saturated carbocycles. The maximum absolute atomic E-state index is 12.1. The zero-order valence-corrected chi connectivity index (χ0v) is 12.8. The van der Waals surface area contributed by atoms with Gasteiger partial charge in [0.25, 0.3) is 11.4 Å². The molecule has 120 valence electrons. The molecule has 0 unspecified atom stereocenters. The Kier molecular flexibility index (Phi) is 5.36. The van der Waals surface area contributed by atoms with Gasteiger partial charge in [-0.1, -0.05) is 13.8 Å². The molecule has 1 heterocycles. The first-order valence-electron chi connectivity index (χ1n) is 6.86. The lowest BCUT2D eigenvalue weighted by molar-refractivity contribution is -0.256. The second-order valence-corrected chi connectivity index (χ2v) is 4.88. The minimum Gasteiger partial charge on any atom is -0.466 e. The van der Waals surface area contributed by atoms with Crippen molar-refractivity contribution in [2.24, 2.45) is 0 Å². The van der Waals surface area contributed by atoms with Crippen LogP contribution in [0.25, 0.3) is 0 Å². The average molecular weight is 302 g/mol. The average Bonchev–Trinajstić information content (AvgIpc) is 2.67. The minimum absolute atomic E-state index is 0.0493. The highest BCUT2D eigenvalue weighted by molar-refractivity contribution is 6.02. The van der Waals surface area contributed by atoms with E-state index in [4.69, 9.17) is 4.74 Å². The van der Waals surface area contributed by atoms with E-state index in [-0.39, 0.29) is 18.6 Å². The topological polar surface area (TPSA) is 102 Å². The van der Waals surface area contributed by atoms with E-state index < -0.39 is 28.9 Å². The molecule has 1 aliphatic heterocycles. The summed E-state index contributed by atoms with van der Waals surface area (Å²) in [5, 5.41) is 21.4. The van der Waals surface area contributed by atoms with Gasteiger partial charge in [0.15, 0.2) is 0 Å². The van der Waals surface area contributed by atoms with E-state index in [0.29, 0.717) is 12.8 Å². The Morgan fingerprint density at radius 2 is 1.76 bits per heavy atom. The molecule has 0 aromatic carbocycles. The number of carbonyl (C=O) groups is 2. The van der Waals surface area contributed by atoms with Crippen LogP contribution in [-0.4, -0.2) is 47.8 Å². The van der Waals surface area contributed by atoms with Crippen molar-refractivity contribution in [3.63, 3.8) is 0 Å². The number of esters is 2. The van der Waals surface area contributed by atoms with Gasteiger partial charge in [-0.2, -0.15) is 0 Å². The summed E-state index contributed by atoms with van der Waals surface area (Å²) in [6, 6.07) is 0. The first-order valence-corrected chi connectivity index (χ1v) is 6.86. The quantitative estimate of drug-likeness (QED) is 0.694. The van der Waals surface area contributed by atoms with Gasteiger partial charge in [0.2, 0.25) is 0 Å². The molecule has 1 rings (SSSR count). The fourth-order valence-electron chi connectivity index (χ4n) is 2.47. The van der Waals surface area contributed by atoms with E-state index in [9.17, 15) is 19.8 Å². The summed E-state index contributed by atoms with van der Waals surface area (Å²) >= 11 is 0. The van der Waals surface area contributed by atoms with Gasteiger partial charge in [-0.25, -0.2) is 9.59 Å². The lowest BCUT2D eigenvalue weighted by Crippen LogP contribution is -2.60. The summed E-state index contributed by atoms with van der Waals surface area (Å²) in [4.78, 5) is 24.0. The van der Waals surface area contributed by atoms with Gasteiger partial charge in [-0.05, 0) is 12.8 Å². The normalized spacial score (nSPS) is 28.3. The summed E-state index contributed by atoms with van der Waals surface area (Å²) in [7, 11) is 2.17. The van der Waals surface area contributed by atoms with E-state index in [1.807, 2.05) is 6.92 Å². The Hall–Kier alpha value is -1.60. The van der Waals surface area contributed by atoms with Crippen molar-refractivity contribution < 1.29 is 34.0 Å². The van der Waals surface area contributed by atoms with Gasteiger partial charge in [0.05, 0.1) is 14.2 Å². The zero-order valence-electron chi connectivity index (χ0n) is 12.8. The van der Waals surface area contributed by atoms with E-state index >= 15 is 0 Å². The van der Waals surface area contributed by atoms with Gasteiger partial charge < -0.3 is 24.4 Å². The third-order valence-electron chi connectivity index (χ3n) is 3.43. The number of allylic oxidation sites excluding steroid dienone is 1. The number of hydrogen-bond donors (Lipinski definition) is 2. The molecule has 0 radical (unpaired) electrons. The van der Waals surface area contributed by atoms with Crippen LogP contribution in [0.1, 0.15) is 39.5 Å². The molecule has 21 heavy (non-hydrogen) atoms. The van der Waals surface area contributed by atoms with E-state index in [1.54, 1.807) is 6.92 Å². The highest BCUT2D eigenvalue weighted by Gasteiger charge is 2.68. The van der Waals surface area contributed by atoms with Gasteiger partial charge in [-0.3, -0.25) is 0 Å². The minimum atomic E-state index is -2.60. The zero-order chi connectivity index (χ0) is 16.3. The molecule has 0 amide bonds. The van der Waals surface area contributed by atoms with Crippen LogP contribution in [0.2, 0.25) is 0 Å². The number of ether oxygens (including phenoxy) is 3. The van der Waals surface area contributed by atoms with Gasteiger partial charge >= 0.3 is 11.9 Å². The van der Waals surface area contributed by atoms with Gasteiger partial charge in [0.1, 0.15) is 11.3 Å². The Morgan fingerprint density at radius 3 is 2.19 bits per heavy atom. The molecule has 1 aliphatic rings. The van der Waals surface area contributed by atoms with Crippen LogP contribution >= 0.6 is 0 Å². The lowest BCUT2D eigenvalue weighted by Gasteiger charge is -2.34. The van der Waals surface area contributed by atoms with E-state index in [2.05, 4.69) is 9.47 Å². The molecule has 7 nitrogen and oxygen atoms in total. The molecule has 0 bridgehead atoms. The Balaban J connectivity index is 3.49. The summed E-state index contributed by atoms with van der Waals surface area (Å²) in [5.74, 6) is -4.29. The van der Waals surface area contributed by atoms with Crippen molar-refractivity contribution in [1.29, 1.82) is 0 Å². The van der Waals surface area contributed by atoms with Crippen molar-refractivity contribution in [3.05, 3.63) is 11.3 Å². The van der Waals surface area contributed by atoms with Crippen LogP contribution in [0.15, 0.2) is 11.3 Å². The molecule has 2 atom stereocenters. The van der Waals surface area contributed by atoms with E-state index in [0.717, 1.165) is 14.2 Å². The van der Waals surface area contributed by atoms with Crippen LogP contribution in [0.3, 0.4) is 0 Å². The van der Waals surface area contributed by atoms with Crippen molar-refractivity contribution in [2.75, 3.05) is 14.2 Å². The van der Waals surface area contributed by atoms with Crippen LogP contribution in [0, 0.1) is 0 Å². The predicted octanol–water partition coefficient (Wildman–Crippen LogP) is 0.637. The molecule has 7 heteroatoms. The second kappa shape index (κ2) is 6.44. The second-order valence-electron chi connectivity index (χ2n) is 4.88. The van der Waals surface area contributed by atoms with Crippen LogP contribution in [0.5, 0.6) is 0 Å². The fraction of sp³-hybridized carbons (Fsp3) is 0.714. The number of methoxy groups -OCH3 is 2. The van der Waals surface area contributed by atoms with Gasteiger partial charge in [0, 0.05) is 12.8 Å². The Labute approximate surface area is 123 Å². The third kappa shape index (κ3) is 2.63. The SMILES string of the molecule is CCCC1=C(C(=O)OC)[C@@](O)(C(=O)OC)[C@](O)(CCC)O1. The molecule has 0 spiro atoms. The first-order chi connectivity index (χ1) is 9.82. The van der Waals surface area contributed by atoms with Crippen LogP contribution in [-0.2, 0) is 23.8 Å². The standard InChI is InChI=1S/C14H22O7/c1-5-7-9-10(11(15)19-3)14(18,12(16)20-4)13(17,21-9)8-6-2/h17-18H,5-8H2,1-4H3/t13-,14+/m0/s1. The first kappa shape index (κ1) is 17.5. The molecular weight excluding hydrogens is 280 g/mol. The van der Waals surface area contributed by atoms with E-state index in [1.165, 1.54) is 0 Å². The van der Waals surface area contributed by atoms with Crippen LogP contribution < -0.4 is 0 Å². The van der Waals surface area contributed by atoms with Crippen molar-refractivity contribution in [2.45, 2.75) is 50.9 Å². The summed E-state index contributed by atoms with van der Waals surface area (Å²) in [6.07, 6.45) is 1.24. The van der Waals surface area contributed by atoms with Crippen molar-refractivity contribution in [3.8, 4) is 0 Å². The highest BCUT2D eigenvalue weighted by Crippen LogP contribution is 2.46. The highest BCUT2D eigenvalue weighted by atomic mass is 16.7. The van der Waals surface area contributed by atoms with Gasteiger partial charge in [-0.15, -0.1) is 0 Å². The maximum Gasteiger partial charge on any atom is 0.350 e. The predicted molar refractivity (Wildman–Crippen MR) is 71.9 cm³/mol. The molecule has 0 fully saturated rings. The summed E-state index contributed by atoms with van der Waals surface area (Å²) in [6.45, 7) is 3.58. The Morgan fingerprint density at radius 1 is 1.14 bits per heavy atom. The summed E-state index contributed by atoms with van der Waals surface area (Å²) in [5.41, 5.74) is -3.00. The smallest absolute Gasteiger partial charge is 0.350 e. The largest absolute Gasteiger partial charge is 0.466 e.